The molecule has 31 heavy (non-hydrogen) atoms. The number of ether oxygens (including phenoxy) is 1. The number of amides is 1. The number of benzene rings is 2. The van der Waals surface area contributed by atoms with Crippen LogP contribution < -0.4 is 15.8 Å². The first kappa shape index (κ1) is 20.9. The van der Waals surface area contributed by atoms with E-state index in [0.29, 0.717) is 16.6 Å². The minimum atomic E-state index is -0.451. The number of nitrogens with zero attached hydrogens (tertiary/aromatic N) is 3. The van der Waals surface area contributed by atoms with Crippen molar-refractivity contribution in [1.82, 2.24) is 9.78 Å². The Hall–Kier alpha value is -3.33. The maximum atomic E-state index is 13.0. The third-order valence-corrected chi connectivity index (χ3v) is 5.98. The number of carbonyl (C=O) groups excluding carboxylic acids is 2. The predicted octanol–water partition coefficient (Wildman–Crippen LogP) is 2.38. The first-order valence-corrected chi connectivity index (χ1v) is 11.0. The lowest BCUT2D eigenvalue weighted by molar-refractivity contribution is -0.117. The zero-order chi connectivity index (χ0) is 21.8. The molecule has 3 aromatic rings. The van der Waals surface area contributed by atoms with E-state index in [4.69, 9.17) is 0 Å². The Labute approximate surface area is 183 Å². The Morgan fingerprint density at radius 3 is 2.42 bits per heavy atom. The summed E-state index contributed by atoms with van der Waals surface area (Å²) in [5.74, 6) is 1.89. The molecular weight excluding hydrogens is 416 g/mol. The molecule has 1 saturated heterocycles. The zero-order valence-corrected chi connectivity index (χ0v) is 17.9. The standard InChI is InChI=1S/C22H22N4O4S/c1-30-22(29)15-6-8-16(9-7-15)23-19(27)14-26-21(28)18-5-3-2-4-17(18)20(24-26)25-10-12-31-13-11-25/h2-9H,10-14H2,1H3,(H,23,27). The number of aromatic nitrogens is 2. The van der Waals surface area contributed by atoms with Crippen molar-refractivity contribution in [3.63, 3.8) is 0 Å². The van der Waals surface area contributed by atoms with Crippen LogP contribution in [0.3, 0.4) is 0 Å². The van der Waals surface area contributed by atoms with Gasteiger partial charge in [-0.1, -0.05) is 18.2 Å². The molecule has 1 N–H and O–H groups in total. The van der Waals surface area contributed by atoms with Gasteiger partial charge < -0.3 is 15.0 Å². The van der Waals surface area contributed by atoms with Crippen LogP contribution in [0.1, 0.15) is 10.4 Å². The number of fused-ring (bicyclic) bond motifs is 1. The molecule has 1 aliphatic heterocycles. The maximum absolute atomic E-state index is 13.0. The molecule has 0 bridgehead atoms. The van der Waals surface area contributed by atoms with Crippen molar-refractivity contribution < 1.29 is 14.3 Å². The highest BCUT2D eigenvalue weighted by atomic mass is 32.2. The van der Waals surface area contributed by atoms with E-state index in [-0.39, 0.29) is 18.0 Å². The van der Waals surface area contributed by atoms with E-state index in [1.165, 1.54) is 11.8 Å². The van der Waals surface area contributed by atoms with Gasteiger partial charge in [0, 0.05) is 35.7 Å². The van der Waals surface area contributed by atoms with E-state index in [1.54, 1.807) is 30.3 Å². The van der Waals surface area contributed by atoms with Crippen molar-refractivity contribution in [2.45, 2.75) is 6.54 Å². The summed E-state index contributed by atoms with van der Waals surface area (Å²) in [6.45, 7) is 1.48. The largest absolute Gasteiger partial charge is 0.465 e. The lowest BCUT2D eigenvalue weighted by Gasteiger charge is -2.28. The molecule has 1 aromatic heterocycles. The molecule has 0 aliphatic carbocycles. The van der Waals surface area contributed by atoms with Gasteiger partial charge in [0.25, 0.3) is 5.56 Å². The minimum Gasteiger partial charge on any atom is -0.465 e. The highest BCUT2D eigenvalue weighted by Crippen LogP contribution is 2.24. The molecule has 8 nitrogen and oxygen atoms in total. The van der Waals surface area contributed by atoms with Crippen LogP contribution in [0.4, 0.5) is 11.5 Å². The summed E-state index contributed by atoms with van der Waals surface area (Å²) in [5.41, 5.74) is 0.596. The Balaban J connectivity index is 1.59. The normalized spacial score (nSPS) is 13.8. The SMILES string of the molecule is COC(=O)c1ccc(NC(=O)Cn2nc(N3CCSCC3)c3ccccc3c2=O)cc1. The fraction of sp³-hybridized carbons (Fsp3) is 0.273. The molecule has 4 rings (SSSR count). The second-order valence-electron chi connectivity index (χ2n) is 7.05. The summed E-state index contributed by atoms with van der Waals surface area (Å²) in [6, 6.07) is 13.7. The minimum absolute atomic E-state index is 0.210. The van der Waals surface area contributed by atoms with Crippen molar-refractivity contribution in [2.24, 2.45) is 0 Å². The van der Waals surface area contributed by atoms with E-state index < -0.39 is 5.97 Å². The van der Waals surface area contributed by atoms with E-state index in [2.05, 4.69) is 20.1 Å². The quantitative estimate of drug-likeness (QED) is 0.611. The van der Waals surface area contributed by atoms with Crippen molar-refractivity contribution >= 4 is 45.9 Å². The van der Waals surface area contributed by atoms with Gasteiger partial charge in [-0.3, -0.25) is 9.59 Å². The summed E-state index contributed by atoms with van der Waals surface area (Å²) < 4.78 is 5.89. The highest BCUT2D eigenvalue weighted by Gasteiger charge is 2.19. The van der Waals surface area contributed by atoms with Gasteiger partial charge in [-0.15, -0.1) is 0 Å². The third-order valence-electron chi connectivity index (χ3n) is 5.04. The van der Waals surface area contributed by atoms with Crippen molar-refractivity contribution in [1.29, 1.82) is 0 Å². The van der Waals surface area contributed by atoms with Gasteiger partial charge in [-0.05, 0) is 30.3 Å². The van der Waals surface area contributed by atoms with Gasteiger partial charge in [-0.2, -0.15) is 16.9 Å². The second-order valence-corrected chi connectivity index (χ2v) is 8.27. The van der Waals surface area contributed by atoms with Gasteiger partial charge in [0.05, 0.1) is 18.1 Å². The summed E-state index contributed by atoms with van der Waals surface area (Å²) in [5, 5.41) is 8.64. The molecule has 0 radical (unpaired) electrons. The Bertz CT molecular complexity index is 1170. The number of thioether (sulfide) groups is 1. The van der Waals surface area contributed by atoms with Gasteiger partial charge in [0.1, 0.15) is 6.54 Å². The van der Waals surface area contributed by atoms with Crippen LogP contribution in [0, 0.1) is 0 Å². The molecule has 9 heteroatoms. The zero-order valence-electron chi connectivity index (χ0n) is 17.0. The first-order chi connectivity index (χ1) is 15.1. The number of nitrogens with one attached hydrogen (secondary N) is 1. The van der Waals surface area contributed by atoms with E-state index in [1.807, 2.05) is 30.0 Å². The molecule has 0 saturated carbocycles. The van der Waals surface area contributed by atoms with E-state index >= 15 is 0 Å². The summed E-state index contributed by atoms with van der Waals surface area (Å²) in [7, 11) is 1.31. The molecule has 0 spiro atoms. The predicted molar refractivity (Wildman–Crippen MR) is 122 cm³/mol. The van der Waals surface area contributed by atoms with Gasteiger partial charge >= 0.3 is 5.97 Å². The topological polar surface area (TPSA) is 93.5 Å². The van der Waals surface area contributed by atoms with Gasteiger partial charge in [0.2, 0.25) is 5.91 Å². The molecule has 160 valence electrons. The number of anilines is 2. The lowest BCUT2D eigenvalue weighted by atomic mass is 10.1. The monoisotopic (exact) mass is 438 g/mol. The molecule has 0 atom stereocenters. The van der Waals surface area contributed by atoms with Gasteiger partial charge in [0.15, 0.2) is 5.82 Å². The average molecular weight is 439 g/mol. The van der Waals surface area contributed by atoms with Crippen LogP contribution in [0.2, 0.25) is 0 Å². The first-order valence-electron chi connectivity index (χ1n) is 9.87. The molecular formula is C22H22N4O4S. The molecule has 1 aliphatic rings. The fourth-order valence-electron chi connectivity index (χ4n) is 3.48. The molecule has 2 heterocycles. The van der Waals surface area contributed by atoms with Crippen LogP contribution >= 0.6 is 11.8 Å². The van der Waals surface area contributed by atoms with Crippen LogP contribution in [0.15, 0.2) is 53.3 Å². The molecule has 1 fully saturated rings. The number of hydrogen-bond donors (Lipinski definition) is 1. The van der Waals surface area contributed by atoms with Gasteiger partial charge in [-0.25, -0.2) is 9.48 Å². The van der Waals surface area contributed by atoms with E-state index in [0.717, 1.165) is 35.8 Å². The maximum Gasteiger partial charge on any atom is 0.337 e. The second kappa shape index (κ2) is 9.22. The number of hydrogen-bond acceptors (Lipinski definition) is 7. The Morgan fingerprint density at radius 2 is 1.74 bits per heavy atom. The van der Waals surface area contributed by atoms with Crippen LogP contribution in [-0.4, -0.2) is 53.4 Å². The third kappa shape index (κ3) is 4.56. The number of esters is 1. The number of rotatable bonds is 5. The summed E-state index contributed by atoms with van der Waals surface area (Å²) in [4.78, 5) is 39.3. The highest BCUT2D eigenvalue weighted by molar-refractivity contribution is 7.99. The van der Waals surface area contributed by atoms with Crippen LogP contribution in [-0.2, 0) is 16.1 Å². The van der Waals surface area contributed by atoms with Crippen LogP contribution in [0.5, 0.6) is 0 Å². The number of carbonyl (C=O) groups is 2. The van der Waals surface area contributed by atoms with Crippen molar-refractivity contribution in [3.8, 4) is 0 Å². The van der Waals surface area contributed by atoms with Crippen molar-refractivity contribution in [3.05, 3.63) is 64.4 Å². The fourth-order valence-corrected chi connectivity index (χ4v) is 4.38. The van der Waals surface area contributed by atoms with Crippen molar-refractivity contribution in [2.75, 3.05) is 41.9 Å². The molecule has 2 aromatic carbocycles. The smallest absolute Gasteiger partial charge is 0.337 e. The summed E-state index contributed by atoms with van der Waals surface area (Å²) in [6.07, 6.45) is 0. The Kier molecular flexibility index (Phi) is 6.22. The average Bonchev–Trinajstić information content (AvgIpc) is 2.81. The molecule has 1 amide bonds. The number of methoxy groups -OCH3 is 1. The Morgan fingerprint density at radius 1 is 1.06 bits per heavy atom. The van der Waals surface area contributed by atoms with Crippen LogP contribution in [0.25, 0.3) is 10.8 Å². The summed E-state index contributed by atoms with van der Waals surface area (Å²) >= 11 is 1.89. The van der Waals surface area contributed by atoms with E-state index in [9.17, 15) is 14.4 Å². The lowest BCUT2D eigenvalue weighted by Crippen LogP contribution is -2.37. The molecule has 0 unspecified atom stereocenters.